The Labute approximate surface area is 129 Å². The van der Waals surface area contributed by atoms with Crippen LogP contribution < -0.4 is 0 Å². The van der Waals surface area contributed by atoms with Gasteiger partial charge in [-0.05, 0) is 60.5 Å². The third kappa shape index (κ3) is 3.88. The van der Waals surface area contributed by atoms with Gasteiger partial charge >= 0.3 is 0 Å². The van der Waals surface area contributed by atoms with Gasteiger partial charge < -0.3 is 0 Å². The van der Waals surface area contributed by atoms with Crippen LogP contribution in [0.4, 0.5) is 0 Å². The second kappa shape index (κ2) is 6.31. The second-order valence-electron chi connectivity index (χ2n) is 4.21. The highest BCUT2D eigenvalue weighted by Crippen LogP contribution is 2.19. The molecule has 2 aromatic carbocycles. The molecule has 0 saturated heterocycles. The summed E-state index contributed by atoms with van der Waals surface area (Å²) in [6.45, 7) is 1.94. The molecule has 0 atom stereocenters. The maximum Gasteiger partial charge on any atom is 0.186 e. The minimum atomic E-state index is 0.0212. The predicted molar refractivity (Wildman–Crippen MR) is 86.3 cm³/mol. The molecule has 19 heavy (non-hydrogen) atoms. The van der Waals surface area contributed by atoms with Crippen LogP contribution in [0.5, 0.6) is 0 Å². The van der Waals surface area contributed by atoms with Gasteiger partial charge in [-0.15, -0.1) is 0 Å². The van der Waals surface area contributed by atoms with Crippen LogP contribution in [0, 0.1) is 0 Å². The summed E-state index contributed by atoms with van der Waals surface area (Å²) in [5.74, 6) is 0.0212. The maximum absolute atomic E-state index is 12.1. The third-order valence-electron chi connectivity index (χ3n) is 2.78. The van der Waals surface area contributed by atoms with E-state index in [-0.39, 0.29) is 5.78 Å². The summed E-state index contributed by atoms with van der Waals surface area (Å²) < 4.78 is 2.00. The van der Waals surface area contributed by atoms with E-state index < -0.39 is 0 Å². The van der Waals surface area contributed by atoms with E-state index in [0.29, 0.717) is 5.56 Å². The minimum absolute atomic E-state index is 0.0212. The summed E-state index contributed by atoms with van der Waals surface area (Å²) in [4.78, 5) is 12.1. The van der Waals surface area contributed by atoms with E-state index >= 15 is 0 Å². The molecule has 0 fully saturated rings. The predicted octanol–water partition coefficient (Wildman–Crippen LogP) is 5.50. The maximum atomic E-state index is 12.1. The molecule has 0 aliphatic carbocycles. The highest BCUT2D eigenvalue weighted by atomic mass is 79.9. The molecule has 0 heterocycles. The lowest BCUT2D eigenvalue weighted by Crippen LogP contribution is -1.95. The van der Waals surface area contributed by atoms with E-state index in [2.05, 4.69) is 31.9 Å². The molecule has 0 amide bonds. The van der Waals surface area contributed by atoms with Crippen LogP contribution in [0.1, 0.15) is 22.8 Å². The molecule has 1 nitrogen and oxygen atoms in total. The molecule has 0 spiro atoms. The van der Waals surface area contributed by atoms with Crippen LogP contribution in [0.25, 0.3) is 5.57 Å². The number of allylic oxidation sites excluding steroid dienone is 2. The van der Waals surface area contributed by atoms with Crippen LogP contribution >= 0.6 is 31.9 Å². The molecule has 0 bridgehead atoms. The Morgan fingerprint density at radius 1 is 0.842 bits per heavy atom. The normalized spacial score (nSPS) is 11.4. The monoisotopic (exact) mass is 378 g/mol. The Balaban J connectivity index is 2.22. The Morgan fingerprint density at radius 3 is 1.74 bits per heavy atom. The van der Waals surface area contributed by atoms with Gasteiger partial charge in [0.15, 0.2) is 5.78 Å². The van der Waals surface area contributed by atoms with Gasteiger partial charge in [-0.25, -0.2) is 0 Å². The summed E-state index contributed by atoms with van der Waals surface area (Å²) in [7, 11) is 0. The van der Waals surface area contributed by atoms with Gasteiger partial charge in [0.2, 0.25) is 0 Å². The average molecular weight is 380 g/mol. The molecule has 0 aliphatic rings. The van der Waals surface area contributed by atoms with E-state index in [4.69, 9.17) is 0 Å². The number of rotatable bonds is 3. The molecule has 0 aromatic heterocycles. The van der Waals surface area contributed by atoms with Crippen molar-refractivity contribution < 1.29 is 4.79 Å². The van der Waals surface area contributed by atoms with Crippen molar-refractivity contribution in [2.24, 2.45) is 0 Å². The third-order valence-corrected chi connectivity index (χ3v) is 3.83. The Bertz CT molecular complexity index is 610. The van der Waals surface area contributed by atoms with E-state index in [1.54, 1.807) is 6.08 Å². The Morgan fingerprint density at radius 2 is 1.26 bits per heavy atom. The molecule has 0 unspecified atom stereocenters. The molecular weight excluding hydrogens is 368 g/mol. The van der Waals surface area contributed by atoms with Gasteiger partial charge in [0.25, 0.3) is 0 Å². The summed E-state index contributed by atoms with van der Waals surface area (Å²) in [5, 5.41) is 0. The minimum Gasteiger partial charge on any atom is -0.289 e. The van der Waals surface area contributed by atoms with E-state index in [0.717, 1.165) is 20.1 Å². The van der Waals surface area contributed by atoms with Gasteiger partial charge in [0.1, 0.15) is 0 Å². The molecule has 96 valence electrons. The van der Waals surface area contributed by atoms with Gasteiger partial charge in [0.05, 0.1) is 0 Å². The van der Waals surface area contributed by atoms with Gasteiger partial charge in [-0.3, -0.25) is 4.79 Å². The van der Waals surface area contributed by atoms with E-state index in [1.165, 1.54) is 0 Å². The van der Waals surface area contributed by atoms with Crippen LogP contribution in [-0.2, 0) is 0 Å². The lowest BCUT2D eigenvalue weighted by molar-refractivity contribution is 0.104. The fraction of sp³-hybridized carbons (Fsp3) is 0.0625. The standard InChI is InChI=1S/C16H12Br2O/c1-11(12-2-6-14(17)7-3-12)10-16(19)13-4-8-15(18)9-5-13/h2-10H,1H3. The lowest BCUT2D eigenvalue weighted by Gasteiger charge is -2.02. The molecule has 0 saturated carbocycles. The number of hydrogen-bond acceptors (Lipinski definition) is 1. The molecular formula is C16H12Br2O. The first-order chi connectivity index (χ1) is 9.06. The van der Waals surface area contributed by atoms with Crippen molar-refractivity contribution in [2.45, 2.75) is 6.92 Å². The highest BCUT2D eigenvalue weighted by molar-refractivity contribution is 9.10. The van der Waals surface area contributed by atoms with E-state index in [1.807, 2.05) is 55.5 Å². The quantitative estimate of drug-likeness (QED) is 0.508. The molecule has 0 N–H and O–H groups in total. The number of carbonyl (C=O) groups excluding carboxylic acids is 1. The average Bonchev–Trinajstić information content (AvgIpc) is 2.40. The van der Waals surface area contributed by atoms with Gasteiger partial charge in [-0.2, -0.15) is 0 Å². The topological polar surface area (TPSA) is 17.1 Å². The fourth-order valence-corrected chi connectivity index (χ4v) is 2.22. The number of carbonyl (C=O) groups is 1. The number of benzene rings is 2. The number of hydrogen-bond donors (Lipinski definition) is 0. The zero-order valence-electron chi connectivity index (χ0n) is 10.4. The van der Waals surface area contributed by atoms with Crippen molar-refractivity contribution >= 4 is 43.2 Å². The SMILES string of the molecule is CC(=CC(=O)c1ccc(Br)cc1)c1ccc(Br)cc1. The second-order valence-corrected chi connectivity index (χ2v) is 6.04. The first-order valence-electron chi connectivity index (χ1n) is 5.80. The Hall–Kier alpha value is -1.19. The summed E-state index contributed by atoms with van der Waals surface area (Å²) >= 11 is 6.76. The number of ketones is 1. The molecule has 2 rings (SSSR count). The lowest BCUT2D eigenvalue weighted by atomic mass is 10.0. The van der Waals surface area contributed by atoms with Gasteiger partial charge in [0, 0.05) is 14.5 Å². The molecule has 2 aromatic rings. The summed E-state index contributed by atoms with van der Waals surface area (Å²) in [6.07, 6.45) is 1.67. The van der Waals surface area contributed by atoms with Crippen molar-refractivity contribution in [1.82, 2.24) is 0 Å². The molecule has 3 heteroatoms. The molecule has 0 aliphatic heterocycles. The van der Waals surface area contributed by atoms with Crippen LogP contribution in [0.2, 0.25) is 0 Å². The van der Waals surface area contributed by atoms with Crippen LogP contribution in [-0.4, -0.2) is 5.78 Å². The van der Waals surface area contributed by atoms with Gasteiger partial charge in [-0.1, -0.05) is 44.0 Å². The zero-order chi connectivity index (χ0) is 13.8. The van der Waals surface area contributed by atoms with Crippen molar-refractivity contribution in [3.8, 4) is 0 Å². The van der Waals surface area contributed by atoms with Crippen LogP contribution in [0.3, 0.4) is 0 Å². The fourth-order valence-electron chi connectivity index (χ4n) is 1.69. The van der Waals surface area contributed by atoms with Crippen molar-refractivity contribution in [1.29, 1.82) is 0 Å². The highest BCUT2D eigenvalue weighted by Gasteiger charge is 2.04. The molecule has 0 radical (unpaired) electrons. The van der Waals surface area contributed by atoms with E-state index in [9.17, 15) is 4.79 Å². The van der Waals surface area contributed by atoms with Crippen LogP contribution in [0.15, 0.2) is 63.6 Å². The van der Waals surface area contributed by atoms with Crippen molar-refractivity contribution in [2.75, 3.05) is 0 Å². The van der Waals surface area contributed by atoms with Crippen molar-refractivity contribution in [3.05, 3.63) is 74.7 Å². The largest absolute Gasteiger partial charge is 0.289 e. The number of halogens is 2. The van der Waals surface area contributed by atoms with Crippen molar-refractivity contribution in [3.63, 3.8) is 0 Å². The zero-order valence-corrected chi connectivity index (χ0v) is 13.5. The first-order valence-corrected chi connectivity index (χ1v) is 7.39. The first kappa shape index (κ1) is 14.2. The smallest absolute Gasteiger partial charge is 0.186 e. The summed E-state index contributed by atoms with van der Waals surface area (Å²) in [6, 6.07) is 15.3. The Kier molecular flexibility index (Phi) is 4.72. The summed E-state index contributed by atoms with van der Waals surface area (Å²) in [5.41, 5.74) is 2.70.